The van der Waals surface area contributed by atoms with Crippen molar-refractivity contribution in [3.8, 4) is 0 Å². The van der Waals surface area contributed by atoms with Crippen molar-refractivity contribution in [3.63, 3.8) is 0 Å². The van der Waals surface area contributed by atoms with Crippen LogP contribution in [0.3, 0.4) is 0 Å². The van der Waals surface area contributed by atoms with Crippen LogP contribution >= 0.6 is 0 Å². The van der Waals surface area contributed by atoms with Crippen LogP contribution in [0.5, 0.6) is 0 Å². The van der Waals surface area contributed by atoms with E-state index >= 15 is 0 Å². The Bertz CT molecular complexity index is 659. The van der Waals surface area contributed by atoms with Crippen LogP contribution in [0.15, 0.2) is 24.3 Å². The zero-order chi connectivity index (χ0) is 21.3. The van der Waals surface area contributed by atoms with Gasteiger partial charge in [0.2, 0.25) is 0 Å². The molecule has 2 rings (SSSR count). The Balaban J connectivity index is 2.97. The Hall–Kier alpha value is -0.346. The molecule has 1 unspecified atom stereocenters. The summed E-state index contributed by atoms with van der Waals surface area (Å²) in [5, 5.41) is 1.64. The fourth-order valence-electron chi connectivity index (χ4n) is 8.48. The highest BCUT2D eigenvalue weighted by Crippen LogP contribution is 2.79. The molecule has 1 fully saturated rings. The van der Waals surface area contributed by atoms with Gasteiger partial charge in [-0.3, -0.25) is 0 Å². The van der Waals surface area contributed by atoms with E-state index in [1.807, 2.05) is 0 Å². The first-order valence-corrected chi connectivity index (χ1v) is 16.2. The normalized spacial score (nSPS) is 23.1. The number of aryl methyl sites for hydroxylation is 1. The van der Waals surface area contributed by atoms with Crippen molar-refractivity contribution in [2.75, 3.05) is 0 Å². The molecule has 2 heteroatoms. The molecule has 1 aromatic rings. The van der Waals surface area contributed by atoms with Crippen molar-refractivity contribution in [2.24, 2.45) is 0 Å². The van der Waals surface area contributed by atoms with E-state index in [4.69, 9.17) is 0 Å². The fourth-order valence-corrected chi connectivity index (χ4v) is 43.2. The third-order valence-corrected chi connectivity index (χ3v) is 37.1. The van der Waals surface area contributed by atoms with Crippen LogP contribution in [-0.2, 0) is 0 Å². The van der Waals surface area contributed by atoms with E-state index in [9.17, 15) is 0 Å². The van der Waals surface area contributed by atoms with Crippen molar-refractivity contribution in [1.82, 2.24) is 0 Å². The first kappa shape index (κ1) is 22.9. The third kappa shape index (κ3) is 2.88. The predicted octanol–water partition coefficient (Wildman–Crippen LogP) is 8.81. The van der Waals surface area contributed by atoms with Gasteiger partial charge >= 0.3 is 0 Å². The van der Waals surface area contributed by atoms with E-state index in [1.165, 1.54) is 11.6 Å². The SMILES string of the molecule is Cc1ccccc1C1C[Si](C(C)(C)C)(C(C)(C)C)[Si]1(C(C)(C)C)C(C)(C)C. The van der Waals surface area contributed by atoms with E-state index in [1.54, 1.807) is 5.56 Å². The van der Waals surface area contributed by atoms with Crippen molar-refractivity contribution in [2.45, 2.75) is 122 Å². The monoisotopic (exact) mass is 402 g/mol. The summed E-state index contributed by atoms with van der Waals surface area (Å²) in [5.41, 5.74) is 3.98. The van der Waals surface area contributed by atoms with E-state index in [0.29, 0.717) is 20.2 Å². The zero-order valence-corrected chi connectivity index (χ0v) is 22.6. The molecule has 0 saturated carbocycles. The van der Waals surface area contributed by atoms with Crippen LogP contribution in [0.1, 0.15) is 99.8 Å². The lowest BCUT2D eigenvalue weighted by Gasteiger charge is -2.80. The molecule has 1 aliphatic rings. The van der Waals surface area contributed by atoms with Gasteiger partial charge in [0.15, 0.2) is 0 Å². The summed E-state index contributed by atoms with van der Waals surface area (Å²) in [7, 11) is -3.39. The average Bonchev–Trinajstić information content (AvgIpc) is 2.33. The summed E-state index contributed by atoms with van der Waals surface area (Å²) in [6.45, 7) is 33.5. The maximum Gasteiger partial charge on any atom is 0.0666 e. The Labute approximate surface area is 172 Å². The molecule has 0 nitrogen and oxygen atoms in total. The van der Waals surface area contributed by atoms with Gasteiger partial charge in [-0.25, -0.2) is 0 Å². The molecule has 0 bridgehead atoms. The fraction of sp³-hybridized carbons (Fsp3) is 0.760. The third-order valence-electron chi connectivity index (χ3n) is 8.20. The van der Waals surface area contributed by atoms with Gasteiger partial charge in [0, 0.05) is 0 Å². The van der Waals surface area contributed by atoms with Crippen LogP contribution in [-0.4, -0.2) is 15.2 Å². The molecule has 0 aliphatic carbocycles. The lowest BCUT2D eigenvalue weighted by atomic mass is 10.1. The van der Waals surface area contributed by atoms with Gasteiger partial charge in [-0.15, -0.1) is 0 Å². The topological polar surface area (TPSA) is 0 Å². The standard InChI is InChI=1S/C25H46Si2/c1-19-16-14-15-17-20(19)21-18-26(22(2,3)4,23(5,6)7)27(21,24(8,9)10)25(11,12)13/h14-17,21H,18H2,1-13H3. The second kappa shape index (κ2) is 6.32. The number of hydrogen-bond acceptors (Lipinski definition) is 0. The molecule has 27 heavy (non-hydrogen) atoms. The van der Waals surface area contributed by atoms with Crippen molar-refractivity contribution >= 4 is 15.2 Å². The smallest absolute Gasteiger partial charge is 0.0627 e. The highest BCUT2D eigenvalue weighted by Gasteiger charge is 2.81. The van der Waals surface area contributed by atoms with Gasteiger partial charge in [-0.05, 0) is 43.7 Å². The van der Waals surface area contributed by atoms with Gasteiger partial charge in [-0.1, -0.05) is 113 Å². The highest BCUT2D eigenvalue weighted by molar-refractivity contribution is 7.50. The highest BCUT2D eigenvalue weighted by atomic mass is 29.3. The summed E-state index contributed by atoms with van der Waals surface area (Å²) in [6.07, 6.45) is 0. The van der Waals surface area contributed by atoms with Crippen LogP contribution in [0.2, 0.25) is 26.2 Å². The largest absolute Gasteiger partial charge is 0.0666 e. The lowest BCUT2D eigenvalue weighted by molar-refractivity contribution is 0.528. The molecule has 0 radical (unpaired) electrons. The Morgan fingerprint density at radius 1 is 0.667 bits per heavy atom. The van der Waals surface area contributed by atoms with E-state index in [0.717, 1.165) is 5.54 Å². The second-order valence-electron chi connectivity index (χ2n) is 13.3. The molecule has 1 atom stereocenters. The molecule has 1 saturated heterocycles. The Kier molecular flexibility index (Phi) is 5.37. The first-order valence-electron chi connectivity index (χ1n) is 10.9. The van der Waals surface area contributed by atoms with E-state index in [2.05, 4.69) is 114 Å². The Morgan fingerprint density at radius 2 is 1.07 bits per heavy atom. The minimum Gasteiger partial charge on any atom is -0.0627 e. The maximum absolute atomic E-state index is 2.61. The molecule has 1 aromatic carbocycles. The van der Waals surface area contributed by atoms with E-state index in [-0.39, 0.29) is 0 Å². The minimum absolute atomic E-state index is 0.392. The number of rotatable bonds is 1. The minimum atomic E-state index is -1.76. The van der Waals surface area contributed by atoms with Crippen molar-refractivity contribution in [1.29, 1.82) is 0 Å². The van der Waals surface area contributed by atoms with Crippen LogP contribution < -0.4 is 0 Å². The number of hydrogen-bond donors (Lipinski definition) is 0. The summed E-state index contributed by atoms with van der Waals surface area (Å²) in [4.78, 5) is 0. The molecule has 1 aliphatic heterocycles. The quantitative estimate of drug-likeness (QED) is 0.411. The molecular formula is C25H46Si2. The van der Waals surface area contributed by atoms with Gasteiger partial charge in [0.1, 0.15) is 0 Å². The molecule has 0 N–H and O–H groups in total. The number of benzene rings is 1. The summed E-state index contributed by atoms with van der Waals surface area (Å²) >= 11 is 0. The first-order chi connectivity index (χ1) is 11.9. The lowest BCUT2D eigenvalue weighted by Crippen LogP contribution is -2.88. The average molecular weight is 403 g/mol. The van der Waals surface area contributed by atoms with Gasteiger partial charge in [0.25, 0.3) is 0 Å². The predicted molar refractivity (Wildman–Crippen MR) is 129 cm³/mol. The molecular weight excluding hydrogens is 356 g/mol. The van der Waals surface area contributed by atoms with Gasteiger partial charge in [-0.2, -0.15) is 0 Å². The summed E-state index contributed by atoms with van der Waals surface area (Å²) in [5.74, 6) is 0. The molecule has 1 heterocycles. The molecule has 0 amide bonds. The van der Waals surface area contributed by atoms with E-state index < -0.39 is 15.2 Å². The Morgan fingerprint density at radius 3 is 1.41 bits per heavy atom. The molecule has 154 valence electrons. The second-order valence-corrected chi connectivity index (χ2v) is 28.8. The van der Waals surface area contributed by atoms with Crippen LogP contribution in [0.4, 0.5) is 0 Å². The van der Waals surface area contributed by atoms with Gasteiger partial charge < -0.3 is 0 Å². The van der Waals surface area contributed by atoms with Crippen LogP contribution in [0, 0.1) is 6.92 Å². The van der Waals surface area contributed by atoms with Gasteiger partial charge in [0.05, 0.1) is 15.2 Å². The van der Waals surface area contributed by atoms with Crippen molar-refractivity contribution in [3.05, 3.63) is 35.4 Å². The summed E-state index contributed by atoms with van der Waals surface area (Å²) in [6, 6.07) is 10.8. The molecule has 0 aromatic heterocycles. The molecule has 0 spiro atoms. The van der Waals surface area contributed by atoms with Crippen molar-refractivity contribution < 1.29 is 0 Å². The maximum atomic E-state index is 2.61. The summed E-state index contributed by atoms with van der Waals surface area (Å²) < 4.78 is 0. The van der Waals surface area contributed by atoms with Crippen LogP contribution in [0.25, 0.3) is 0 Å². The zero-order valence-electron chi connectivity index (χ0n) is 20.6.